The number of hydrogen-bond donors (Lipinski definition) is 0. The van der Waals surface area contributed by atoms with Crippen molar-refractivity contribution in [3.63, 3.8) is 0 Å². The Kier molecular flexibility index (Phi) is 4.20. The summed E-state index contributed by atoms with van der Waals surface area (Å²) in [5.41, 5.74) is 0.819. The molecule has 0 atom stereocenters. The minimum Gasteiger partial charge on any atom is -0.462 e. The first-order valence-corrected chi connectivity index (χ1v) is 7.49. The van der Waals surface area contributed by atoms with Crippen LogP contribution in [0.4, 0.5) is 0 Å². The third-order valence-electron chi connectivity index (χ3n) is 2.90. The summed E-state index contributed by atoms with van der Waals surface area (Å²) >= 11 is 0.903. The molecule has 1 aromatic carbocycles. The second kappa shape index (κ2) is 6.44. The summed E-state index contributed by atoms with van der Waals surface area (Å²) in [5.74, 6) is -0.974. The lowest BCUT2D eigenvalue weighted by Gasteiger charge is -1.98. The van der Waals surface area contributed by atoms with Crippen molar-refractivity contribution in [1.29, 1.82) is 0 Å². The molecule has 3 rings (SSSR count). The van der Waals surface area contributed by atoms with Gasteiger partial charge in [-0.25, -0.2) is 4.79 Å². The number of fused-ring (bicyclic) bond motifs is 1. The van der Waals surface area contributed by atoms with E-state index in [1.165, 1.54) is 10.7 Å². The lowest BCUT2D eigenvalue weighted by atomic mass is 10.2. The molecule has 23 heavy (non-hydrogen) atoms. The molecular formula is C14H11N5O3S. The van der Waals surface area contributed by atoms with Gasteiger partial charge in [0.25, 0.3) is 5.91 Å². The van der Waals surface area contributed by atoms with Gasteiger partial charge in [-0.2, -0.15) is 14.6 Å². The Bertz CT molecular complexity index is 932. The number of rotatable bonds is 3. The van der Waals surface area contributed by atoms with E-state index in [4.69, 9.17) is 4.74 Å². The van der Waals surface area contributed by atoms with Crippen molar-refractivity contribution in [2.45, 2.75) is 6.92 Å². The van der Waals surface area contributed by atoms with Crippen molar-refractivity contribution in [2.75, 3.05) is 6.61 Å². The van der Waals surface area contributed by atoms with Gasteiger partial charge in [0.15, 0.2) is 5.65 Å². The minimum atomic E-state index is -0.548. The van der Waals surface area contributed by atoms with Gasteiger partial charge in [0, 0.05) is 17.1 Å². The molecule has 8 nitrogen and oxygen atoms in total. The number of amides is 1. The first kappa shape index (κ1) is 15.0. The monoisotopic (exact) mass is 329 g/mol. The van der Waals surface area contributed by atoms with Gasteiger partial charge < -0.3 is 4.74 Å². The molecule has 0 aliphatic rings. The van der Waals surface area contributed by atoms with Gasteiger partial charge in [-0.3, -0.25) is 4.79 Å². The summed E-state index contributed by atoms with van der Waals surface area (Å²) in [6.07, 6.45) is 1.32. The molecule has 2 aromatic heterocycles. The average Bonchev–Trinajstić information content (AvgIpc) is 3.01. The van der Waals surface area contributed by atoms with Crippen LogP contribution in [0, 0.1) is 0 Å². The lowest BCUT2D eigenvalue weighted by molar-refractivity contribution is 0.0528. The summed E-state index contributed by atoms with van der Waals surface area (Å²) in [6.45, 7) is 1.94. The average molecular weight is 329 g/mol. The summed E-state index contributed by atoms with van der Waals surface area (Å²) in [6, 6.07) is 8.63. The van der Waals surface area contributed by atoms with Crippen LogP contribution in [-0.2, 0) is 4.74 Å². The minimum absolute atomic E-state index is 0.177. The van der Waals surface area contributed by atoms with Gasteiger partial charge >= 0.3 is 5.97 Å². The Morgan fingerprint density at radius 1 is 1.30 bits per heavy atom. The fraction of sp³-hybridized carbons (Fsp3) is 0.143. The number of aromatic nitrogens is 4. The van der Waals surface area contributed by atoms with E-state index >= 15 is 0 Å². The van der Waals surface area contributed by atoms with Crippen LogP contribution in [0.25, 0.3) is 5.65 Å². The number of benzene rings is 1. The quantitative estimate of drug-likeness (QED) is 0.667. The smallest absolute Gasteiger partial charge is 0.343 e. The predicted octanol–water partition coefficient (Wildman–Crippen LogP) is 1.10. The lowest BCUT2D eigenvalue weighted by Crippen LogP contribution is -2.17. The molecule has 0 aliphatic heterocycles. The van der Waals surface area contributed by atoms with Crippen molar-refractivity contribution in [3.8, 4) is 0 Å². The molecule has 0 N–H and O–H groups in total. The summed E-state index contributed by atoms with van der Waals surface area (Å²) in [5, 5.41) is 7.93. The van der Waals surface area contributed by atoms with Gasteiger partial charge in [0.1, 0.15) is 5.56 Å². The number of ether oxygens (including phenoxy) is 1. The van der Waals surface area contributed by atoms with Crippen LogP contribution in [0.2, 0.25) is 0 Å². The highest BCUT2D eigenvalue weighted by Crippen LogP contribution is 2.07. The zero-order valence-corrected chi connectivity index (χ0v) is 12.9. The van der Waals surface area contributed by atoms with Crippen molar-refractivity contribution in [2.24, 2.45) is 4.99 Å². The molecule has 0 bridgehead atoms. The Morgan fingerprint density at radius 3 is 2.83 bits per heavy atom. The first-order chi connectivity index (χ1) is 11.2. The number of nitrogens with zero attached hydrogens (tertiary/aromatic N) is 5. The van der Waals surface area contributed by atoms with Crippen LogP contribution in [0.15, 0.2) is 41.5 Å². The number of hydrogen-bond acceptors (Lipinski definition) is 7. The van der Waals surface area contributed by atoms with Crippen LogP contribution in [0.3, 0.4) is 0 Å². The number of carbonyl (C=O) groups is 2. The maximum absolute atomic E-state index is 12.2. The van der Waals surface area contributed by atoms with E-state index in [0.29, 0.717) is 5.56 Å². The highest BCUT2D eigenvalue weighted by molar-refractivity contribution is 7.02. The van der Waals surface area contributed by atoms with E-state index in [-0.39, 0.29) is 22.6 Å². The molecule has 9 heteroatoms. The third kappa shape index (κ3) is 2.99. The molecule has 0 saturated carbocycles. The van der Waals surface area contributed by atoms with Gasteiger partial charge in [-0.1, -0.05) is 22.7 Å². The Balaban J connectivity index is 2.07. The van der Waals surface area contributed by atoms with Crippen LogP contribution in [0.1, 0.15) is 27.6 Å². The molecule has 116 valence electrons. The third-order valence-corrected chi connectivity index (χ3v) is 3.49. The fourth-order valence-corrected chi connectivity index (χ4v) is 2.39. The predicted molar refractivity (Wildman–Crippen MR) is 81.0 cm³/mol. The van der Waals surface area contributed by atoms with Gasteiger partial charge in [-0.15, -0.1) is 5.10 Å². The van der Waals surface area contributed by atoms with E-state index in [9.17, 15) is 9.59 Å². The SMILES string of the molecule is CCOC(=O)c1cnn2c(=NC(=O)c3ccccc3)snnc12. The highest BCUT2D eigenvalue weighted by Gasteiger charge is 2.16. The zero-order chi connectivity index (χ0) is 16.2. The topological polar surface area (TPSA) is 98.8 Å². The van der Waals surface area contributed by atoms with E-state index in [1.807, 2.05) is 6.07 Å². The molecule has 1 amide bonds. The summed E-state index contributed by atoms with van der Waals surface area (Å²) in [4.78, 5) is 28.2. The second-order valence-corrected chi connectivity index (χ2v) is 5.06. The summed E-state index contributed by atoms with van der Waals surface area (Å²) in [7, 11) is 0. The molecule has 0 unspecified atom stereocenters. The second-order valence-electron chi connectivity index (χ2n) is 4.35. The maximum atomic E-state index is 12.2. The number of carbonyl (C=O) groups excluding carboxylic acids is 2. The maximum Gasteiger partial charge on any atom is 0.343 e. The Morgan fingerprint density at radius 2 is 2.09 bits per heavy atom. The largest absolute Gasteiger partial charge is 0.462 e. The highest BCUT2D eigenvalue weighted by atomic mass is 32.1. The molecule has 2 heterocycles. The van der Waals surface area contributed by atoms with Crippen LogP contribution in [-0.4, -0.2) is 37.7 Å². The van der Waals surface area contributed by atoms with E-state index in [1.54, 1.807) is 31.2 Å². The van der Waals surface area contributed by atoms with Gasteiger partial charge in [0.05, 0.1) is 12.8 Å². The molecule has 0 fully saturated rings. The van der Waals surface area contributed by atoms with E-state index in [2.05, 4.69) is 19.7 Å². The molecule has 0 radical (unpaired) electrons. The summed E-state index contributed by atoms with van der Waals surface area (Å²) < 4.78 is 10.0. The van der Waals surface area contributed by atoms with E-state index in [0.717, 1.165) is 11.5 Å². The molecule has 0 spiro atoms. The van der Waals surface area contributed by atoms with Crippen molar-refractivity contribution in [1.82, 2.24) is 19.2 Å². The molecule has 0 saturated heterocycles. The van der Waals surface area contributed by atoms with Crippen LogP contribution < -0.4 is 4.80 Å². The fourth-order valence-electron chi connectivity index (χ4n) is 1.87. The zero-order valence-electron chi connectivity index (χ0n) is 12.0. The Labute approximate surface area is 134 Å². The molecule has 3 aromatic rings. The standard InChI is InChI=1S/C14H11N5O3S/c1-2-22-13(21)10-8-15-19-11(10)17-18-23-14(19)16-12(20)9-6-4-3-5-7-9/h3-8H,2H2,1H3. The van der Waals surface area contributed by atoms with Crippen LogP contribution >= 0.6 is 11.5 Å². The van der Waals surface area contributed by atoms with Crippen molar-refractivity contribution < 1.29 is 14.3 Å². The van der Waals surface area contributed by atoms with Crippen LogP contribution in [0.5, 0.6) is 0 Å². The number of esters is 1. The van der Waals surface area contributed by atoms with Gasteiger partial charge in [-0.05, 0) is 19.1 Å². The van der Waals surface area contributed by atoms with Crippen molar-refractivity contribution in [3.05, 3.63) is 52.5 Å². The molecule has 0 aliphatic carbocycles. The molecular weight excluding hydrogens is 318 g/mol. The Hall–Kier alpha value is -2.94. The van der Waals surface area contributed by atoms with E-state index < -0.39 is 11.9 Å². The van der Waals surface area contributed by atoms with Crippen molar-refractivity contribution >= 4 is 29.1 Å². The van der Waals surface area contributed by atoms with Gasteiger partial charge in [0.2, 0.25) is 4.80 Å². The normalized spacial score (nSPS) is 11.6. The first-order valence-electron chi connectivity index (χ1n) is 6.72.